The Labute approximate surface area is 122 Å². The lowest BCUT2D eigenvalue weighted by Gasteiger charge is -2.34. The fourth-order valence-corrected chi connectivity index (χ4v) is 2.81. The molecule has 1 heterocycles. The molecule has 3 atom stereocenters. The van der Waals surface area contributed by atoms with Crippen molar-refractivity contribution < 1.29 is 14.3 Å². The molecule has 5 heteroatoms. The molecule has 3 unspecified atom stereocenters. The molecule has 0 aromatic carbocycles. The highest BCUT2D eigenvalue weighted by Crippen LogP contribution is 2.22. The Morgan fingerprint density at radius 3 is 2.40 bits per heavy atom. The highest BCUT2D eigenvalue weighted by Gasteiger charge is 2.32. The molecule has 20 heavy (non-hydrogen) atoms. The Morgan fingerprint density at radius 1 is 1.40 bits per heavy atom. The smallest absolute Gasteiger partial charge is 0.237 e. The van der Waals surface area contributed by atoms with Crippen LogP contribution in [0.2, 0.25) is 0 Å². The van der Waals surface area contributed by atoms with Crippen molar-refractivity contribution in [3.05, 3.63) is 0 Å². The number of amides is 1. The number of hydrogen-bond acceptors (Lipinski definition) is 4. The Morgan fingerprint density at radius 2 is 1.95 bits per heavy atom. The summed E-state index contributed by atoms with van der Waals surface area (Å²) in [6, 6.07) is 0.204. The molecular formula is C15H30N2O3. The molecule has 1 amide bonds. The van der Waals surface area contributed by atoms with Crippen LogP contribution in [0.5, 0.6) is 0 Å². The molecule has 3 N–H and O–H groups in total. The van der Waals surface area contributed by atoms with Gasteiger partial charge >= 0.3 is 0 Å². The molecule has 5 nitrogen and oxygen atoms in total. The first-order valence-electron chi connectivity index (χ1n) is 7.57. The Balaban J connectivity index is 2.42. The van der Waals surface area contributed by atoms with E-state index in [0.717, 1.165) is 12.8 Å². The molecule has 118 valence electrons. The van der Waals surface area contributed by atoms with Crippen molar-refractivity contribution in [1.82, 2.24) is 5.32 Å². The van der Waals surface area contributed by atoms with Gasteiger partial charge in [0.2, 0.25) is 5.91 Å². The van der Waals surface area contributed by atoms with Crippen molar-refractivity contribution in [2.45, 2.75) is 83.8 Å². The molecule has 1 rings (SSSR count). The van der Waals surface area contributed by atoms with Crippen molar-refractivity contribution in [3.63, 3.8) is 0 Å². The number of ether oxygens (including phenoxy) is 2. The summed E-state index contributed by atoms with van der Waals surface area (Å²) in [7, 11) is 0. The Kier molecular flexibility index (Phi) is 6.43. The van der Waals surface area contributed by atoms with Crippen molar-refractivity contribution >= 4 is 5.91 Å². The summed E-state index contributed by atoms with van der Waals surface area (Å²) in [5.74, 6) is -0.330. The molecule has 0 aromatic rings. The lowest BCUT2D eigenvalue weighted by molar-refractivity contribution is -0.127. The molecule has 0 aliphatic carbocycles. The van der Waals surface area contributed by atoms with Gasteiger partial charge in [-0.1, -0.05) is 0 Å². The first-order valence-corrected chi connectivity index (χ1v) is 7.57. The first-order chi connectivity index (χ1) is 9.23. The topological polar surface area (TPSA) is 73.6 Å². The summed E-state index contributed by atoms with van der Waals surface area (Å²) in [5, 5.41) is 3.23. The Hall–Kier alpha value is -0.650. The lowest BCUT2D eigenvalue weighted by atomic mass is 9.96. The van der Waals surface area contributed by atoms with E-state index in [4.69, 9.17) is 15.2 Å². The van der Waals surface area contributed by atoms with Crippen LogP contribution in [0.4, 0.5) is 0 Å². The van der Waals surface area contributed by atoms with E-state index in [-0.39, 0.29) is 30.3 Å². The minimum absolute atomic E-state index is 0.204. The van der Waals surface area contributed by atoms with Gasteiger partial charge in [0, 0.05) is 12.6 Å². The number of nitrogens with one attached hydrogen (secondary N) is 1. The zero-order valence-electron chi connectivity index (χ0n) is 13.4. The van der Waals surface area contributed by atoms with E-state index in [0.29, 0.717) is 13.0 Å². The van der Waals surface area contributed by atoms with E-state index < -0.39 is 5.54 Å². The van der Waals surface area contributed by atoms with Gasteiger partial charge in [-0.2, -0.15) is 0 Å². The molecule has 0 radical (unpaired) electrons. The maximum Gasteiger partial charge on any atom is 0.237 e. The third-order valence-electron chi connectivity index (χ3n) is 3.76. The minimum Gasteiger partial charge on any atom is -0.378 e. The molecule has 1 aliphatic heterocycles. The normalized spacial score (nSPS) is 30.2. The highest BCUT2D eigenvalue weighted by atomic mass is 16.5. The average molecular weight is 286 g/mol. The zero-order valence-corrected chi connectivity index (χ0v) is 13.4. The first kappa shape index (κ1) is 17.4. The molecule has 0 spiro atoms. The second kappa shape index (κ2) is 7.38. The molecule has 0 bridgehead atoms. The van der Waals surface area contributed by atoms with Gasteiger partial charge in [-0.3, -0.25) is 4.79 Å². The highest BCUT2D eigenvalue weighted by molar-refractivity contribution is 5.84. The van der Waals surface area contributed by atoms with Crippen molar-refractivity contribution in [3.8, 4) is 0 Å². The van der Waals surface area contributed by atoms with Crippen molar-refractivity contribution in [1.29, 1.82) is 0 Å². The summed E-state index contributed by atoms with van der Waals surface area (Å²) in [6.07, 6.45) is 3.09. The van der Waals surface area contributed by atoms with Gasteiger partial charge < -0.3 is 20.5 Å². The molecular weight excluding hydrogens is 256 g/mol. The third-order valence-corrected chi connectivity index (χ3v) is 3.76. The summed E-state index contributed by atoms with van der Waals surface area (Å²) < 4.78 is 11.6. The van der Waals surface area contributed by atoms with Gasteiger partial charge in [-0.05, 0) is 53.9 Å². The van der Waals surface area contributed by atoms with Gasteiger partial charge in [-0.25, -0.2) is 0 Å². The fraction of sp³-hybridized carbons (Fsp3) is 0.933. The second-order valence-electron chi connectivity index (χ2n) is 6.47. The molecule has 1 aliphatic rings. The van der Waals surface area contributed by atoms with Gasteiger partial charge in [0.1, 0.15) is 0 Å². The standard InChI is InChI=1S/C15H30N2O3/c1-10(2)17-15(5,14(16)18)6-7-19-13-8-11(3)20-12(4)9-13/h10-13,17H,6-9H2,1-5H3,(H2,16,18). The number of primary amides is 1. The number of rotatable bonds is 7. The number of carbonyl (C=O) groups excluding carboxylic acids is 1. The van der Waals surface area contributed by atoms with Crippen LogP contribution in [0.25, 0.3) is 0 Å². The molecule has 0 aromatic heterocycles. The van der Waals surface area contributed by atoms with E-state index >= 15 is 0 Å². The van der Waals surface area contributed by atoms with E-state index in [1.807, 2.05) is 20.8 Å². The summed E-state index contributed by atoms with van der Waals surface area (Å²) >= 11 is 0. The largest absolute Gasteiger partial charge is 0.378 e. The van der Waals surface area contributed by atoms with Gasteiger partial charge in [-0.15, -0.1) is 0 Å². The van der Waals surface area contributed by atoms with Crippen LogP contribution in [-0.4, -0.2) is 42.4 Å². The average Bonchev–Trinajstić information content (AvgIpc) is 2.26. The number of carbonyl (C=O) groups is 1. The predicted molar refractivity (Wildman–Crippen MR) is 79.5 cm³/mol. The predicted octanol–water partition coefficient (Wildman–Crippen LogP) is 1.59. The Bertz CT molecular complexity index is 312. The van der Waals surface area contributed by atoms with Crippen LogP contribution < -0.4 is 11.1 Å². The SMILES string of the molecule is CC(C)NC(C)(CCOC1CC(C)OC(C)C1)C(N)=O. The zero-order chi connectivity index (χ0) is 15.3. The summed E-state index contributed by atoms with van der Waals surface area (Å²) in [5.41, 5.74) is 4.79. The summed E-state index contributed by atoms with van der Waals surface area (Å²) in [6.45, 7) is 10.5. The summed E-state index contributed by atoms with van der Waals surface area (Å²) in [4.78, 5) is 11.6. The van der Waals surface area contributed by atoms with Crippen LogP contribution in [0, 0.1) is 0 Å². The van der Waals surface area contributed by atoms with Crippen LogP contribution in [-0.2, 0) is 14.3 Å². The fourth-order valence-electron chi connectivity index (χ4n) is 2.81. The van der Waals surface area contributed by atoms with Gasteiger partial charge in [0.05, 0.1) is 23.9 Å². The van der Waals surface area contributed by atoms with E-state index in [2.05, 4.69) is 19.2 Å². The lowest BCUT2D eigenvalue weighted by Crippen LogP contribution is -2.56. The third kappa shape index (κ3) is 5.38. The minimum atomic E-state index is -0.712. The van der Waals surface area contributed by atoms with E-state index in [9.17, 15) is 4.79 Å². The molecule has 1 fully saturated rings. The molecule has 0 saturated carbocycles. The monoisotopic (exact) mass is 286 g/mol. The molecule has 1 saturated heterocycles. The van der Waals surface area contributed by atoms with Crippen molar-refractivity contribution in [2.24, 2.45) is 5.73 Å². The van der Waals surface area contributed by atoms with E-state index in [1.165, 1.54) is 0 Å². The number of nitrogens with two attached hydrogens (primary N) is 1. The van der Waals surface area contributed by atoms with Gasteiger partial charge in [0.25, 0.3) is 0 Å². The van der Waals surface area contributed by atoms with Crippen LogP contribution in [0.1, 0.15) is 53.9 Å². The van der Waals surface area contributed by atoms with Gasteiger partial charge in [0.15, 0.2) is 0 Å². The quantitative estimate of drug-likeness (QED) is 0.745. The number of hydrogen-bond donors (Lipinski definition) is 2. The maximum atomic E-state index is 11.6. The second-order valence-corrected chi connectivity index (χ2v) is 6.47. The van der Waals surface area contributed by atoms with Crippen LogP contribution in [0.15, 0.2) is 0 Å². The van der Waals surface area contributed by atoms with Crippen LogP contribution >= 0.6 is 0 Å². The van der Waals surface area contributed by atoms with E-state index in [1.54, 1.807) is 0 Å². The van der Waals surface area contributed by atoms with Crippen LogP contribution in [0.3, 0.4) is 0 Å². The van der Waals surface area contributed by atoms with Crippen molar-refractivity contribution in [2.75, 3.05) is 6.61 Å². The maximum absolute atomic E-state index is 11.6.